The fraction of sp³-hybridized carbons (Fsp3) is 0.167. The van der Waals surface area contributed by atoms with Crippen molar-refractivity contribution >= 4 is 22.6 Å². The highest BCUT2D eigenvalue weighted by Crippen LogP contribution is 2.19. The highest BCUT2D eigenvalue weighted by molar-refractivity contribution is 5.90. The van der Waals surface area contributed by atoms with E-state index in [1.807, 2.05) is 13.0 Å². The average molecular weight is 353 g/mol. The normalized spacial score (nSPS) is 10.7. The number of hydrogen-bond donors (Lipinski definition) is 1. The molecule has 0 spiro atoms. The van der Waals surface area contributed by atoms with Crippen LogP contribution in [0, 0.1) is 24.0 Å². The number of nitro groups is 1. The van der Waals surface area contributed by atoms with Crippen molar-refractivity contribution in [3.8, 4) is 0 Å². The van der Waals surface area contributed by atoms with Gasteiger partial charge in [-0.3, -0.25) is 14.9 Å². The molecule has 0 saturated carbocycles. The van der Waals surface area contributed by atoms with Crippen molar-refractivity contribution in [2.45, 2.75) is 20.5 Å². The molecular weight excluding hydrogens is 338 g/mol. The van der Waals surface area contributed by atoms with Gasteiger partial charge in [0, 0.05) is 11.6 Å². The standard InChI is InChI=1S/C18H15N3O5/c1-10-4-3-5-13-16(10)19-15(20-17(13)22)9-26-18(23)12-6-7-14(21(24)25)11(2)8-12/h3-8H,9H2,1-2H3,(H,19,20,22). The monoisotopic (exact) mass is 353 g/mol. The number of ether oxygens (including phenoxy) is 1. The van der Waals surface area contributed by atoms with Gasteiger partial charge in [0.15, 0.2) is 0 Å². The van der Waals surface area contributed by atoms with Gasteiger partial charge < -0.3 is 9.72 Å². The van der Waals surface area contributed by atoms with Gasteiger partial charge in [-0.1, -0.05) is 12.1 Å². The molecule has 0 atom stereocenters. The maximum absolute atomic E-state index is 12.2. The fourth-order valence-electron chi connectivity index (χ4n) is 2.62. The summed E-state index contributed by atoms with van der Waals surface area (Å²) in [6.07, 6.45) is 0. The number of nitrogens with zero attached hydrogens (tertiary/aromatic N) is 2. The van der Waals surface area contributed by atoms with Gasteiger partial charge in [-0.2, -0.15) is 0 Å². The summed E-state index contributed by atoms with van der Waals surface area (Å²) in [6.45, 7) is 3.17. The summed E-state index contributed by atoms with van der Waals surface area (Å²) in [4.78, 5) is 41.5. The number of aromatic amines is 1. The van der Waals surface area contributed by atoms with Gasteiger partial charge in [-0.05, 0) is 37.6 Å². The topological polar surface area (TPSA) is 115 Å². The van der Waals surface area contributed by atoms with Crippen LogP contribution in [0.2, 0.25) is 0 Å². The highest BCUT2D eigenvalue weighted by atomic mass is 16.6. The molecule has 0 radical (unpaired) electrons. The second-order valence-electron chi connectivity index (χ2n) is 5.82. The van der Waals surface area contributed by atoms with Crippen LogP contribution in [-0.4, -0.2) is 20.9 Å². The summed E-state index contributed by atoms with van der Waals surface area (Å²) in [6, 6.07) is 9.25. The Labute approximate surface area is 147 Å². The van der Waals surface area contributed by atoms with E-state index < -0.39 is 10.9 Å². The Balaban J connectivity index is 1.81. The number of nitro benzene ring substituents is 1. The maximum atomic E-state index is 12.2. The summed E-state index contributed by atoms with van der Waals surface area (Å²) in [5, 5.41) is 11.3. The number of aryl methyl sites for hydroxylation is 2. The third kappa shape index (κ3) is 3.30. The molecule has 3 aromatic rings. The molecule has 0 fully saturated rings. The molecule has 2 aromatic carbocycles. The third-order valence-electron chi connectivity index (χ3n) is 3.96. The average Bonchev–Trinajstić information content (AvgIpc) is 2.60. The van der Waals surface area contributed by atoms with E-state index in [1.165, 1.54) is 18.2 Å². The predicted octanol–water partition coefficient (Wildman–Crippen LogP) is 2.81. The van der Waals surface area contributed by atoms with E-state index in [2.05, 4.69) is 9.97 Å². The minimum atomic E-state index is -0.657. The van der Waals surface area contributed by atoms with Gasteiger partial charge >= 0.3 is 5.97 Å². The van der Waals surface area contributed by atoms with Gasteiger partial charge in [-0.25, -0.2) is 9.78 Å². The second-order valence-corrected chi connectivity index (χ2v) is 5.82. The smallest absolute Gasteiger partial charge is 0.338 e. The molecule has 0 saturated heterocycles. The van der Waals surface area contributed by atoms with Gasteiger partial charge in [0.2, 0.25) is 0 Å². The van der Waals surface area contributed by atoms with E-state index in [4.69, 9.17) is 4.74 Å². The minimum absolute atomic E-state index is 0.0717. The lowest BCUT2D eigenvalue weighted by Crippen LogP contribution is -2.15. The molecule has 3 rings (SSSR count). The number of H-pyrrole nitrogens is 1. The highest BCUT2D eigenvalue weighted by Gasteiger charge is 2.15. The molecule has 26 heavy (non-hydrogen) atoms. The van der Waals surface area contributed by atoms with E-state index >= 15 is 0 Å². The summed E-state index contributed by atoms with van der Waals surface area (Å²) in [7, 11) is 0. The van der Waals surface area contributed by atoms with Crippen LogP contribution < -0.4 is 5.56 Å². The first-order valence-corrected chi connectivity index (χ1v) is 7.77. The molecule has 0 amide bonds. The van der Waals surface area contributed by atoms with Gasteiger partial charge in [0.05, 0.1) is 21.4 Å². The Morgan fingerprint density at radius 2 is 2.00 bits per heavy atom. The van der Waals surface area contributed by atoms with Gasteiger partial charge in [0.1, 0.15) is 12.4 Å². The molecule has 132 valence electrons. The summed E-state index contributed by atoms with van der Waals surface area (Å²) < 4.78 is 5.17. The number of hydrogen-bond acceptors (Lipinski definition) is 6. The Kier molecular flexibility index (Phi) is 4.49. The Bertz CT molecular complexity index is 1090. The lowest BCUT2D eigenvalue weighted by Gasteiger charge is -2.07. The largest absolute Gasteiger partial charge is 0.454 e. The van der Waals surface area contributed by atoms with E-state index in [0.29, 0.717) is 16.5 Å². The number of aromatic nitrogens is 2. The summed E-state index contributed by atoms with van der Waals surface area (Å²) in [5.74, 6) is -0.431. The van der Waals surface area contributed by atoms with E-state index in [9.17, 15) is 19.7 Å². The number of carbonyl (C=O) groups excluding carboxylic acids is 1. The fourth-order valence-corrected chi connectivity index (χ4v) is 2.62. The van der Waals surface area contributed by atoms with Gasteiger partial charge in [0.25, 0.3) is 11.2 Å². The maximum Gasteiger partial charge on any atom is 0.338 e. The summed E-state index contributed by atoms with van der Waals surface area (Å²) in [5.41, 5.74) is 1.55. The number of para-hydroxylation sites is 1. The molecule has 0 bridgehead atoms. The zero-order valence-corrected chi connectivity index (χ0v) is 14.1. The van der Waals surface area contributed by atoms with Crippen molar-refractivity contribution in [2.24, 2.45) is 0 Å². The van der Waals surface area contributed by atoms with Crippen LogP contribution >= 0.6 is 0 Å². The van der Waals surface area contributed by atoms with Crippen molar-refractivity contribution < 1.29 is 14.5 Å². The molecule has 0 aliphatic carbocycles. The van der Waals surface area contributed by atoms with E-state index in [0.717, 1.165) is 5.56 Å². The lowest BCUT2D eigenvalue weighted by molar-refractivity contribution is -0.385. The van der Waals surface area contributed by atoms with Crippen LogP contribution in [-0.2, 0) is 11.3 Å². The van der Waals surface area contributed by atoms with Crippen LogP contribution in [0.15, 0.2) is 41.2 Å². The number of esters is 1. The van der Waals surface area contributed by atoms with Crippen LogP contribution in [0.3, 0.4) is 0 Å². The lowest BCUT2D eigenvalue weighted by atomic mass is 10.1. The SMILES string of the molecule is Cc1cc(C(=O)OCc2nc3c(C)cccc3c(=O)[nH]2)ccc1[N+](=O)[O-]. The van der Waals surface area contributed by atoms with Gasteiger partial charge in [-0.15, -0.1) is 0 Å². The van der Waals surface area contributed by atoms with E-state index in [1.54, 1.807) is 19.1 Å². The van der Waals surface area contributed by atoms with Crippen LogP contribution in [0.1, 0.15) is 27.3 Å². The van der Waals surface area contributed by atoms with Crippen molar-refractivity contribution in [1.29, 1.82) is 0 Å². The number of carbonyl (C=O) groups is 1. The third-order valence-corrected chi connectivity index (χ3v) is 3.96. The first-order valence-electron chi connectivity index (χ1n) is 7.77. The quantitative estimate of drug-likeness (QED) is 0.438. The first-order chi connectivity index (χ1) is 12.4. The molecule has 1 aromatic heterocycles. The number of benzene rings is 2. The Morgan fingerprint density at radius 3 is 2.69 bits per heavy atom. The molecule has 8 nitrogen and oxygen atoms in total. The molecule has 8 heteroatoms. The van der Waals surface area contributed by atoms with Crippen molar-refractivity contribution in [2.75, 3.05) is 0 Å². The summed E-state index contributed by atoms with van der Waals surface area (Å²) >= 11 is 0. The minimum Gasteiger partial charge on any atom is -0.454 e. The Hall–Kier alpha value is -3.55. The Morgan fingerprint density at radius 1 is 1.23 bits per heavy atom. The van der Waals surface area contributed by atoms with Crippen LogP contribution in [0.25, 0.3) is 10.9 Å². The van der Waals surface area contributed by atoms with E-state index in [-0.39, 0.29) is 29.2 Å². The molecule has 0 aliphatic rings. The van der Waals surface area contributed by atoms with Crippen LogP contribution in [0.5, 0.6) is 0 Å². The van der Waals surface area contributed by atoms with Crippen molar-refractivity contribution in [1.82, 2.24) is 9.97 Å². The van der Waals surface area contributed by atoms with Crippen molar-refractivity contribution in [3.63, 3.8) is 0 Å². The second kappa shape index (κ2) is 6.75. The molecular formula is C18H15N3O5. The zero-order chi connectivity index (χ0) is 18.8. The molecule has 0 unspecified atom stereocenters. The molecule has 0 aliphatic heterocycles. The zero-order valence-electron chi connectivity index (χ0n) is 14.1. The first kappa shape index (κ1) is 17.3. The molecule has 1 heterocycles. The molecule has 1 N–H and O–H groups in total. The number of fused-ring (bicyclic) bond motifs is 1. The van der Waals surface area contributed by atoms with Crippen LogP contribution in [0.4, 0.5) is 5.69 Å². The predicted molar refractivity (Wildman–Crippen MR) is 94.1 cm³/mol. The number of nitrogens with one attached hydrogen (secondary N) is 1. The number of rotatable bonds is 4. The van der Waals surface area contributed by atoms with Crippen molar-refractivity contribution in [3.05, 3.63) is 79.4 Å².